The standard InChI is InChI=1S/C21H30N4O5/c1-4-7-13-24(18-19(22)25(12-5-2)21(28)23-20(18)27)17(26)14-30-16-11-9-8-10-15(16)29-6-3/h8-11H,4-7,12-14,22H2,1-3H3,(H,23,27,28). The third-order valence-electron chi connectivity index (χ3n) is 4.47. The summed E-state index contributed by atoms with van der Waals surface area (Å²) in [4.78, 5) is 41.2. The second-order valence-electron chi connectivity index (χ2n) is 6.71. The summed E-state index contributed by atoms with van der Waals surface area (Å²) in [6.45, 7) is 6.49. The number of amides is 1. The van der Waals surface area contributed by atoms with Gasteiger partial charge in [0.25, 0.3) is 11.5 Å². The van der Waals surface area contributed by atoms with E-state index >= 15 is 0 Å². The summed E-state index contributed by atoms with van der Waals surface area (Å²) in [7, 11) is 0. The third kappa shape index (κ3) is 5.43. The van der Waals surface area contributed by atoms with Crippen LogP contribution in [0.5, 0.6) is 11.5 Å². The molecule has 0 saturated carbocycles. The molecule has 0 aliphatic heterocycles. The van der Waals surface area contributed by atoms with Gasteiger partial charge in [-0.05, 0) is 31.9 Å². The summed E-state index contributed by atoms with van der Waals surface area (Å²) in [5.74, 6) is 0.501. The highest BCUT2D eigenvalue weighted by atomic mass is 16.5. The number of unbranched alkanes of at least 4 members (excludes halogenated alkanes) is 1. The topological polar surface area (TPSA) is 120 Å². The molecule has 0 atom stereocenters. The van der Waals surface area contributed by atoms with E-state index in [1.54, 1.807) is 18.2 Å². The number of aromatic amines is 1. The number of nitrogens with one attached hydrogen (secondary N) is 1. The number of ether oxygens (including phenoxy) is 2. The zero-order valence-electron chi connectivity index (χ0n) is 17.8. The van der Waals surface area contributed by atoms with Crippen molar-refractivity contribution in [3.05, 3.63) is 45.1 Å². The average Bonchev–Trinajstić information content (AvgIpc) is 2.72. The van der Waals surface area contributed by atoms with Crippen LogP contribution in [0, 0.1) is 0 Å². The zero-order valence-corrected chi connectivity index (χ0v) is 17.8. The first-order chi connectivity index (χ1) is 14.4. The molecule has 2 rings (SSSR count). The van der Waals surface area contributed by atoms with Gasteiger partial charge in [-0.3, -0.25) is 19.1 Å². The molecule has 0 fully saturated rings. The minimum atomic E-state index is -0.691. The number of para-hydroxylation sites is 2. The molecule has 1 heterocycles. The van der Waals surface area contributed by atoms with Gasteiger partial charge in [0, 0.05) is 13.1 Å². The van der Waals surface area contributed by atoms with Crippen LogP contribution in [0.4, 0.5) is 11.5 Å². The van der Waals surface area contributed by atoms with Crippen molar-refractivity contribution in [1.82, 2.24) is 9.55 Å². The molecular weight excluding hydrogens is 388 g/mol. The zero-order chi connectivity index (χ0) is 22.1. The molecule has 0 spiro atoms. The summed E-state index contributed by atoms with van der Waals surface area (Å²) in [5.41, 5.74) is 4.84. The van der Waals surface area contributed by atoms with Crippen LogP contribution in [-0.2, 0) is 11.3 Å². The quantitative estimate of drug-likeness (QED) is 0.577. The summed E-state index contributed by atoms with van der Waals surface area (Å²) in [6.07, 6.45) is 2.12. The highest BCUT2D eigenvalue weighted by molar-refractivity contribution is 5.96. The van der Waals surface area contributed by atoms with Gasteiger partial charge < -0.3 is 20.1 Å². The maximum absolute atomic E-state index is 13.0. The number of anilines is 2. The van der Waals surface area contributed by atoms with Gasteiger partial charge in [0.15, 0.2) is 23.8 Å². The fraction of sp³-hybridized carbons (Fsp3) is 0.476. The number of nitrogens with two attached hydrogens (primary N) is 1. The Hall–Kier alpha value is -3.23. The summed E-state index contributed by atoms with van der Waals surface area (Å²) >= 11 is 0. The van der Waals surface area contributed by atoms with Gasteiger partial charge in [0.1, 0.15) is 5.82 Å². The first-order valence-corrected chi connectivity index (χ1v) is 10.2. The monoisotopic (exact) mass is 418 g/mol. The lowest BCUT2D eigenvalue weighted by Gasteiger charge is -2.24. The van der Waals surface area contributed by atoms with Crippen molar-refractivity contribution in [3.63, 3.8) is 0 Å². The predicted octanol–water partition coefficient (Wildman–Crippen LogP) is 2.14. The summed E-state index contributed by atoms with van der Waals surface area (Å²) in [5, 5.41) is 0. The molecule has 0 aliphatic rings. The van der Waals surface area contributed by atoms with Crippen molar-refractivity contribution >= 4 is 17.4 Å². The van der Waals surface area contributed by atoms with Crippen LogP contribution in [-0.4, -0.2) is 35.2 Å². The molecule has 3 N–H and O–H groups in total. The SMILES string of the molecule is CCCCN(C(=O)COc1ccccc1OCC)c1c(N)n(CCC)c(=O)[nH]c1=O. The lowest BCUT2D eigenvalue weighted by Crippen LogP contribution is -2.43. The number of carbonyl (C=O) groups excluding carboxylic acids is 1. The third-order valence-corrected chi connectivity index (χ3v) is 4.47. The molecule has 0 saturated heterocycles. The fourth-order valence-corrected chi connectivity index (χ4v) is 3.02. The van der Waals surface area contributed by atoms with Crippen molar-refractivity contribution in [2.45, 2.75) is 46.6 Å². The van der Waals surface area contributed by atoms with E-state index in [-0.39, 0.29) is 24.7 Å². The lowest BCUT2D eigenvalue weighted by atomic mass is 10.2. The molecule has 9 nitrogen and oxygen atoms in total. The van der Waals surface area contributed by atoms with E-state index in [0.717, 1.165) is 6.42 Å². The number of aromatic nitrogens is 2. The van der Waals surface area contributed by atoms with Crippen LogP contribution in [0.25, 0.3) is 0 Å². The number of nitrogens with zero attached hydrogens (tertiary/aromatic N) is 2. The average molecular weight is 418 g/mol. The number of hydrogen-bond donors (Lipinski definition) is 2. The Morgan fingerprint density at radius 1 is 1.10 bits per heavy atom. The molecule has 1 aromatic heterocycles. The first-order valence-electron chi connectivity index (χ1n) is 10.2. The van der Waals surface area contributed by atoms with Crippen molar-refractivity contribution in [2.75, 3.05) is 30.4 Å². The summed E-state index contributed by atoms with van der Waals surface area (Å²) in [6, 6.07) is 7.05. The van der Waals surface area contributed by atoms with Crippen LogP contribution >= 0.6 is 0 Å². The van der Waals surface area contributed by atoms with Gasteiger partial charge in [-0.1, -0.05) is 32.4 Å². The molecule has 0 radical (unpaired) electrons. The number of carbonyl (C=O) groups is 1. The van der Waals surface area contributed by atoms with Gasteiger partial charge in [0.2, 0.25) is 0 Å². The van der Waals surface area contributed by atoms with E-state index in [1.807, 2.05) is 26.8 Å². The molecule has 9 heteroatoms. The molecule has 164 valence electrons. The molecule has 1 aromatic carbocycles. The Balaban J connectivity index is 2.34. The number of rotatable bonds is 11. The molecule has 1 amide bonds. The highest BCUT2D eigenvalue weighted by Gasteiger charge is 2.24. The van der Waals surface area contributed by atoms with Gasteiger partial charge in [-0.2, -0.15) is 0 Å². The highest BCUT2D eigenvalue weighted by Crippen LogP contribution is 2.26. The van der Waals surface area contributed by atoms with E-state index in [1.165, 1.54) is 9.47 Å². The molecule has 0 bridgehead atoms. The van der Waals surface area contributed by atoms with Crippen LogP contribution in [0.2, 0.25) is 0 Å². The first kappa shape index (κ1) is 23.1. The van der Waals surface area contributed by atoms with E-state index < -0.39 is 17.2 Å². The molecular formula is C21H30N4O5. The van der Waals surface area contributed by atoms with Crippen molar-refractivity contribution in [1.29, 1.82) is 0 Å². The van der Waals surface area contributed by atoms with Crippen LogP contribution in [0.15, 0.2) is 33.9 Å². The molecule has 2 aromatic rings. The Labute approximate surface area is 175 Å². The Kier molecular flexibility index (Phi) is 8.52. The minimum Gasteiger partial charge on any atom is -0.490 e. The number of benzene rings is 1. The van der Waals surface area contributed by atoms with E-state index in [0.29, 0.717) is 37.5 Å². The summed E-state index contributed by atoms with van der Waals surface area (Å²) < 4.78 is 12.5. The van der Waals surface area contributed by atoms with Crippen molar-refractivity contribution in [2.24, 2.45) is 0 Å². The maximum atomic E-state index is 13.0. The maximum Gasteiger partial charge on any atom is 0.330 e. The van der Waals surface area contributed by atoms with Crippen LogP contribution in [0.1, 0.15) is 40.0 Å². The van der Waals surface area contributed by atoms with Gasteiger partial charge in [-0.25, -0.2) is 4.79 Å². The normalized spacial score (nSPS) is 10.6. The molecule has 0 unspecified atom stereocenters. The van der Waals surface area contributed by atoms with Crippen molar-refractivity contribution < 1.29 is 14.3 Å². The van der Waals surface area contributed by atoms with E-state index in [9.17, 15) is 14.4 Å². The van der Waals surface area contributed by atoms with Gasteiger partial charge >= 0.3 is 5.69 Å². The second-order valence-corrected chi connectivity index (χ2v) is 6.71. The van der Waals surface area contributed by atoms with E-state index in [4.69, 9.17) is 15.2 Å². The lowest BCUT2D eigenvalue weighted by molar-refractivity contribution is -0.120. The largest absolute Gasteiger partial charge is 0.490 e. The Morgan fingerprint density at radius 3 is 2.37 bits per heavy atom. The Bertz CT molecular complexity index is 967. The number of H-pyrrole nitrogens is 1. The van der Waals surface area contributed by atoms with Gasteiger partial charge in [0.05, 0.1) is 6.61 Å². The minimum absolute atomic E-state index is 0.0234. The molecule has 30 heavy (non-hydrogen) atoms. The number of nitrogen functional groups attached to an aromatic ring is 1. The molecule has 0 aliphatic carbocycles. The van der Waals surface area contributed by atoms with Crippen LogP contribution < -0.4 is 31.4 Å². The van der Waals surface area contributed by atoms with Gasteiger partial charge in [-0.15, -0.1) is 0 Å². The van der Waals surface area contributed by atoms with E-state index in [2.05, 4.69) is 4.98 Å². The van der Waals surface area contributed by atoms with Crippen LogP contribution in [0.3, 0.4) is 0 Å². The second kappa shape index (κ2) is 11.1. The smallest absolute Gasteiger partial charge is 0.330 e. The van der Waals surface area contributed by atoms with Crippen molar-refractivity contribution in [3.8, 4) is 11.5 Å². The number of hydrogen-bond acceptors (Lipinski definition) is 6. The fourth-order valence-electron chi connectivity index (χ4n) is 3.02. The Morgan fingerprint density at radius 2 is 1.77 bits per heavy atom. The predicted molar refractivity (Wildman–Crippen MR) is 116 cm³/mol.